The molecule has 0 amide bonds. The average Bonchev–Trinajstić information content (AvgIpc) is 2.85. The van der Waals surface area contributed by atoms with Gasteiger partial charge in [0.2, 0.25) is 0 Å². The smallest absolute Gasteiger partial charge is 0.111 e. The number of imidazole rings is 1. The number of rotatable bonds is 5. The van der Waals surface area contributed by atoms with Crippen LogP contribution in [0.4, 0.5) is 0 Å². The monoisotopic (exact) mass is 262 g/mol. The van der Waals surface area contributed by atoms with Crippen LogP contribution in [0.25, 0.3) is 0 Å². The second kappa shape index (κ2) is 6.07. The van der Waals surface area contributed by atoms with Crippen LogP contribution < -0.4 is 0 Å². The number of aryl methyl sites for hydroxylation is 1. The molecule has 1 aromatic heterocycles. The van der Waals surface area contributed by atoms with Gasteiger partial charge in [-0.2, -0.15) is 0 Å². The van der Waals surface area contributed by atoms with E-state index in [0.29, 0.717) is 6.42 Å². The molecule has 0 aliphatic rings. The first-order chi connectivity index (χ1) is 8.76. The molecule has 3 nitrogen and oxygen atoms in total. The Morgan fingerprint density at radius 2 is 2.17 bits per heavy atom. The highest BCUT2D eigenvalue weighted by Crippen LogP contribution is 2.27. The second-order valence-corrected chi connectivity index (χ2v) is 4.94. The van der Waals surface area contributed by atoms with Crippen molar-refractivity contribution in [1.29, 1.82) is 0 Å². The van der Waals surface area contributed by atoms with Gasteiger partial charge in [-0.3, -0.25) is 0 Å². The van der Waals surface area contributed by atoms with Gasteiger partial charge in [0.05, 0.1) is 6.10 Å². The molecule has 2 rings (SSSR count). The highest BCUT2D eigenvalue weighted by atomic mass is 32.2. The van der Waals surface area contributed by atoms with Gasteiger partial charge in [-0.15, -0.1) is 11.8 Å². The quantitative estimate of drug-likeness (QED) is 0.842. The van der Waals surface area contributed by atoms with Gasteiger partial charge in [0.25, 0.3) is 0 Å². The molecule has 1 atom stereocenters. The topological polar surface area (TPSA) is 38.0 Å². The number of hydrogen-bond donors (Lipinski definition) is 1. The molecule has 18 heavy (non-hydrogen) atoms. The Morgan fingerprint density at radius 1 is 1.39 bits per heavy atom. The lowest BCUT2D eigenvalue weighted by Crippen LogP contribution is -2.09. The number of aliphatic hydroxyl groups is 1. The van der Waals surface area contributed by atoms with E-state index in [1.807, 2.05) is 36.7 Å². The van der Waals surface area contributed by atoms with E-state index in [-0.39, 0.29) is 0 Å². The van der Waals surface area contributed by atoms with E-state index in [9.17, 15) is 5.11 Å². The van der Waals surface area contributed by atoms with Crippen molar-refractivity contribution in [1.82, 2.24) is 9.55 Å². The Bertz CT molecular complexity index is 510. The van der Waals surface area contributed by atoms with Crippen LogP contribution in [0.2, 0.25) is 0 Å². The summed E-state index contributed by atoms with van der Waals surface area (Å²) < 4.78 is 2.06. The largest absolute Gasteiger partial charge is 0.388 e. The molecule has 4 heteroatoms. The fourth-order valence-corrected chi connectivity index (χ4v) is 2.70. The molecular formula is C14H18N2OS. The Kier molecular flexibility index (Phi) is 4.44. The minimum absolute atomic E-state index is 0.499. The van der Waals surface area contributed by atoms with Crippen LogP contribution in [0.15, 0.2) is 41.6 Å². The molecule has 0 radical (unpaired) electrons. The van der Waals surface area contributed by atoms with Gasteiger partial charge in [0.1, 0.15) is 5.82 Å². The lowest BCUT2D eigenvalue weighted by Gasteiger charge is -2.14. The molecule has 1 unspecified atom stereocenters. The number of aliphatic hydroxyl groups excluding tert-OH is 1. The zero-order valence-corrected chi connectivity index (χ0v) is 11.5. The van der Waals surface area contributed by atoms with Gasteiger partial charge in [-0.25, -0.2) is 4.98 Å². The number of nitrogens with zero attached hydrogens (tertiary/aromatic N) is 2. The summed E-state index contributed by atoms with van der Waals surface area (Å²) in [6.07, 6.45) is 5.81. The second-order valence-electron chi connectivity index (χ2n) is 4.09. The summed E-state index contributed by atoms with van der Waals surface area (Å²) >= 11 is 1.66. The van der Waals surface area contributed by atoms with E-state index in [2.05, 4.69) is 16.5 Å². The zero-order valence-electron chi connectivity index (χ0n) is 10.7. The van der Waals surface area contributed by atoms with E-state index in [4.69, 9.17) is 0 Å². The van der Waals surface area contributed by atoms with Crippen molar-refractivity contribution in [3.8, 4) is 0 Å². The maximum absolute atomic E-state index is 10.4. The van der Waals surface area contributed by atoms with Crippen molar-refractivity contribution in [2.45, 2.75) is 30.9 Å². The molecule has 0 saturated carbocycles. The molecule has 0 saturated heterocycles. The van der Waals surface area contributed by atoms with Crippen molar-refractivity contribution >= 4 is 11.8 Å². The third kappa shape index (κ3) is 2.76. The molecule has 2 aromatic rings. The van der Waals surface area contributed by atoms with Crippen molar-refractivity contribution in [3.05, 3.63) is 48.0 Å². The molecule has 1 heterocycles. The molecule has 1 aromatic carbocycles. The maximum atomic E-state index is 10.4. The summed E-state index contributed by atoms with van der Waals surface area (Å²) in [5.74, 6) is 0.931. The molecule has 0 fully saturated rings. The third-order valence-corrected chi connectivity index (χ3v) is 3.83. The summed E-state index contributed by atoms with van der Waals surface area (Å²) in [4.78, 5) is 5.43. The predicted octanol–water partition coefficient (Wildman–Crippen LogP) is 2.90. The lowest BCUT2D eigenvalue weighted by atomic mass is 10.1. The molecule has 0 aliphatic heterocycles. The number of benzene rings is 1. The molecule has 0 bridgehead atoms. The van der Waals surface area contributed by atoms with E-state index in [1.165, 1.54) is 0 Å². The number of hydrogen-bond acceptors (Lipinski definition) is 3. The third-order valence-electron chi connectivity index (χ3n) is 3.02. The fraction of sp³-hybridized carbons (Fsp3) is 0.357. The maximum Gasteiger partial charge on any atom is 0.111 e. The van der Waals surface area contributed by atoms with E-state index in [0.717, 1.165) is 22.8 Å². The van der Waals surface area contributed by atoms with Crippen LogP contribution in [0.1, 0.15) is 24.4 Å². The van der Waals surface area contributed by atoms with Crippen molar-refractivity contribution in [3.63, 3.8) is 0 Å². The Balaban J connectivity index is 2.19. The van der Waals surface area contributed by atoms with E-state index >= 15 is 0 Å². The Morgan fingerprint density at radius 3 is 2.89 bits per heavy atom. The first kappa shape index (κ1) is 13.2. The molecule has 96 valence electrons. The van der Waals surface area contributed by atoms with Crippen LogP contribution in [0.5, 0.6) is 0 Å². The Labute approximate surface area is 112 Å². The van der Waals surface area contributed by atoms with E-state index in [1.54, 1.807) is 18.0 Å². The summed E-state index contributed by atoms with van der Waals surface area (Å²) in [6, 6.07) is 7.98. The summed E-state index contributed by atoms with van der Waals surface area (Å²) in [7, 11) is 0. The van der Waals surface area contributed by atoms with E-state index < -0.39 is 6.10 Å². The van der Waals surface area contributed by atoms with Gasteiger partial charge >= 0.3 is 0 Å². The number of thioether (sulfide) groups is 1. The normalized spacial score (nSPS) is 12.6. The minimum atomic E-state index is -0.499. The standard InChI is InChI=1S/C14H18N2OS/c1-3-16-9-8-15-14(16)10-12(17)11-6-4-5-7-13(11)18-2/h4-9,12,17H,3,10H2,1-2H3. The molecule has 0 aliphatic carbocycles. The fourth-order valence-electron chi connectivity index (χ4n) is 2.04. The summed E-state index contributed by atoms with van der Waals surface area (Å²) in [5, 5.41) is 10.4. The van der Waals surface area contributed by atoms with Crippen LogP contribution in [-0.2, 0) is 13.0 Å². The first-order valence-electron chi connectivity index (χ1n) is 6.07. The lowest BCUT2D eigenvalue weighted by molar-refractivity contribution is 0.171. The molecule has 1 N–H and O–H groups in total. The molecule has 0 spiro atoms. The van der Waals surface area contributed by atoms with Crippen LogP contribution in [0, 0.1) is 0 Å². The SMILES string of the molecule is CCn1ccnc1CC(O)c1ccccc1SC. The average molecular weight is 262 g/mol. The summed E-state index contributed by atoms with van der Waals surface area (Å²) in [6.45, 7) is 2.96. The van der Waals surface area contributed by atoms with Crippen molar-refractivity contribution in [2.24, 2.45) is 0 Å². The van der Waals surface area contributed by atoms with Gasteiger partial charge < -0.3 is 9.67 Å². The van der Waals surface area contributed by atoms with Crippen LogP contribution in [-0.4, -0.2) is 20.9 Å². The number of aromatic nitrogens is 2. The van der Waals surface area contributed by atoms with Gasteiger partial charge in [0, 0.05) is 30.3 Å². The molecular weight excluding hydrogens is 244 g/mol. The zero-order chi connectivity index (χ0) is 13.0. The first-order valence-corrected chi connectivity index (χ1v) is 7.29. The highest BCUT2D eigenvalue weighted by molar-refractivity contribution is 7.98. The van der Waals surface area contributed by atoms with Crippen molar-refractivity contribution < 1.29 is 5.11 Å². The van der Waals surface area contributed by atoms with Crippen LogP contribution >= 0.6 is 11.8 Å². The van der Waals surface area contributed by atoms with Crippen molar-refractivity contribution in [2.75, 3.05) is 6.26 Å². The van der Waals surface area contributed by atoms with Gasteiger partial charge in [-0.05, 0) is 24.8 Å². The predicted molar refractivity (Wildman–Crippen MR) is 74.8 cm³/mol. The highest BCUT2D eigenvalue weighted by Gasteiger charge is 2.14. The minimum Gasteiger partial charge on any atom is -0.388 e. The summed E-state index contributed by atoms with van der Waals surface area (Å²) in [5.41, 5.74) is 0.982. The Hall–Kier alpha value is -1.26. The van der Waals surface area contributed by atoms with Gasteiger partial charge in [0.15, 0.2) is 0 Å². The van der Waals surface area contributed by atoms with Gasteiger partial charge in [-0.1, -0.05) is 18.2 Å². The van der Waals surface area contributed by atoms with Crippen LogP contribution in [0.3, 0.4) is 0 Å².